The largest absolute Gasteiger partial charge is 0.497 e. The van der Waals surface area contributed by atoms with E-state index in [-0.39, 0.29) is 25.6 Å². The van der Waals surface area contributed by atoms with E-state index in [4.69, 9.17) is 23.7 Å². The number of hydrogen-bond acceptors (Lipinski definition) is 10. The van der Waals surface area contributed by atoms with Crippen molar-refractivity contribution < 1.29 is 43.5 Å². The fourth-order valence-corrected chi connectivity index (χ4v) is 6.41. The highest BCUT2D eigenvalue weighted by Crippen LogP contribution is 2.55. The molecule has 5 rings (SSSR count). The summed E-state index contributed by atoms with van der Waals surface area (Å²) in [6, 6.07) is 3.99. The molecule has 10 heteroatoms. The summed E-state index contributed by atoms with van der Waals surface area (Å²) in [6.45, 7) is 5.04. The highest BCUT2D eigenvalue weighted by Gasteiger charge is 2.59. The van der Waals surface area contributed by atoms with Crippen molar-refractivity contribution in [1.29, 1.82) is 0 Å². The van der Waals surface area contributed by atoms with Crippen LogP contribution in [-0.4, -0.2) is 84.0 Å². The molecule has 1 aromatic rings. The van der Waals surface area contributed by atoms with Gasteiger partial charge in [0.15, 0.2) is 23.2 Å². The van der Waals surface area contributed by atoms with Gasteiger partial charge in [0.05, 0.1) is 37.7 Å². The summed E-state index contributed by atoms with van der Waals surface area (Å²) in [7, 11) is 2.74. The Hall–Kier alpha value is -2.82. The molecule has 0 amide bonds. The zero-order chi connectivity index (χ0) is 27.3. The number of carbonyl (C=O) groups excluding carboxylic acids is 2. The fraction of sp³-hybridized carbons (Fsp3) is 0.643. The smallest absolute Gasteiger partial charge is 0.339 e. The molecule has 3 heterocycles. The number of esters is 2. The van der Waals surface area contributed by atoms with Crippen molar-refractivity contribution in [3.05, 3.63) is 35.1 Å². The summed E-state index contributed by atoms with van der Waals surface area (Å²) in [5.41, 5.74) is -1.69. The van der Waals surface area contributed by atoms with Crippen LogP contribution in [0.25, 0.3) is 0 Å². The topological polar surface area (TPSA) is 124 Å². The van der Waals surface area contributed by atoms with Gasteiger partial charge in [-0.3, -0.25) is 9.69 Å². The molecular formula is C28H37NO9. The summed E-state index contributed by atoms with van der Waals surface area (Å²) in [6.07, 6.45) is 3.18. The highest BCUT2D eigenvalue weighted by molar-refractivity contribution is 5.86. The summed E-state index contributed by atoms with van der Waals surface area (Å²) in [4.78, 5) is 28.3. The number of hydrogen-bond donors (Lipinski definition) is 2. The van der Waals surface area contributed by atoms with E-state index in [2.05, 4.69) is 11.0 Å². The Morgan fingerprint density at radius 2 is 1.87 bits per heavy atom. The van der Waals surface area contributed by atoms with Crippen molar-refractivity contribution in [2.45, 2.75) is 81.1 Å². The van der Waals surface area contributed by atoms with E-state index in [1.807, 2.05) is 12.1 Å². The van der Waals surface area contributed by atoms with Gasteiger partial charge < -0.3 is 33.9 Å². The van der Waals surface area contributed by atoms with E-state index in [0.717, 1.165) is 43.5 Å². The molecule has 0 saturated carbocycles. The first kappa shape index (κ1) is 26.8. The standard InChI is InChI=1S/C28H37NO9/c1-26(2,32)8-9-28(33,15-22(30)35-4)25(31)38-24-21(34-3)14-27-7-5-10-29(27)11-6-17-12-19-20(37-16-36-19)13-18(17)23(24)27/h12-14,23-24,32-33H,5-11,15-16H2,1-4H3/t23-,24+,27-,28-/m0/s1. The molecule has 0 radical (unpaired) electrons. The van der Waals surface area contributed by atoms with Gasteiger partial charge in [-0.05, 0) is 81.8 Å². The van der Waals surface area contributed by atoms with Gasteiger partial charge in [-0.15, -0.1) is 0 Å². The first-order chi connectivity index (χ1) is 18.0. The molecule has 4 atom stereocenters. The van der Waals surface area contributed by atoms with Crippen molar-refractivity contribution >= 4 is 11.9 Å². The van der Waals surface area contributed by atoms with Gasteiger partial charge in [0.2, 0.25) is 6.79 Å². The van der Waals surface area contributed by atoms with E-state index >= 15 is 0 Å². The minimum Gasteiger partial charge on any atom is -0.497 e. The number of nitrogens with zero attached hydrogens (tertiary/aromatic N) is 1. The second-order valence-electron chi connectivity index (χ2n) is 11.4. The van der Waals surface area contributed by atoms with Crippen LogP contribution in [0.15, 0.2) is 24.0 Å². The molecule has 0 aromatic heterocycles. The quantitative estimate of drug-likeness (QED) is 0.483. The lowest BCUT2D eigenvalue weighted by atomic mass is 9.77. The van der Waals surface area contributed by atoms with Crippen molar-refractivity contribution in [2.24, 2.45) is 0 Å². The molecule has 0 unspecified atom stereocenters. The maximum atomic E-state index is 13.7. The molecule has 1 aliphatic carbocycles. The Labute approximate surface area is 222 Å². The summed E-state index contributed by atoms with van der Waals surface area (Å²) in [5.74, 6) is -0.163. The minimum absolute atomic E-state index is 0.0701. The van der Waals surface area contributed by atoms with Crippen LogP contribution < -0.4 is 9.47 Å². The summed E-state index contributed by atoms with van der Waals surface area (Å²) >= 11 is 0. The van der Waals surface area contributed by atoms with Gasteiger partial charge in [0.1, 0.15) is 5.76 Å². The lowest BCUT2D eigenvalue weighted by Gasteiger charge is -2.39. The normalized spacial score (nSPS) is 27.4. The van der Waals surface area contributed by atoms with E-state index in [1.54, 1.807) is 21.0 Å². The molecule has 2 N–H and O–H groups in total. The average molecular weight is 532 g/mol. The molecule has 3 aliphatic heterocycles. The van der Waals surface area contributed by atoms with E-state index in [0.29, 0.717) is 17.3 Å². The zero-order valence-electron chi connectivity index (χ0n) is 22.5. The SMILES string of the molecule is COC(=O)C[C@@](O)(CCC(C)(C)O)C(=O)O[C@@H]1C(OC)=C[C@]23CCCN2CCc2cc4c(cc2[C@@H]13)OCO4. The number of methoxy groups -OCH3 is 2. The van der Waals surface area contributed by atoms with Crippen molar-refractivity contribution in [1.82, 2.24) is 4.90 Å². The Kier molecular flexibility index (Phi) is 6.86. The molecule has 208 valence electrons. The molecular weight excluding hydrogens is 494 g/mol. The van der Waals surface area contributed by atoms with Gasteiger partial charge in [-0.1, -0.05) is 0 Å². The molecule has 38 heavy (non-hydrogen) atoms. The van der Waals surface area contributed by atoms with Crippen LogP contribution >= 0.6 is 0 Å². The molecule has 4 aliphatic rings. The zero-order valence-corrected chi connectivity index (χ0v) is 22.5. The monoisotopic (exact) mass is 531 g/mol. The Balaban J connectivity index is 1.53. The molecule has 1 spiro atoms. The summed E-state index contributed by atoms with van der Waals surface area (Å²) < 4.78 is 28.0. The number of aliphatic hydroxyl groups is 2. The Morgan fingerprint density at radius 1 is 1.13 bits per heavy atom. The summed E-state index contributed by atoms with van der Waals surface area (Å²) in [5, 5.41) is 21.7. The maximum Gasteiger partial charge on any atom is 0.339 e. The molecule has 1 aromatic carbocycles. The van der Waals surface area contributed by atoms with Gasteiger partial charge in [0.25, 0.3) is 0 Å². The van der Waals surface area contributed by atoms with Gasteiger partial charge in [0, 0.05) is 6.54 Å². The minimum atomic E-state index is -2.18. The third-order valence-electron chi connectivity index (χ3n) is 8.39. The molecule has 1 fully saturated rings. The predicted molar refractivity (Wildman–Crippen MR) is 135 cm³/mol. The van der Waals surface area contributed by atoms with E-state index in [1.165, 1.54) is 7.11 Å². The number of benzene rings is 1. The van der Waals surface area contributed by atoms with Crippen LogP contribution in [0.5, 0.6) is 11.5 Å². The first-order valence-corrected chi connectivity index (χ1v) is 13.2. The molecule has 1 saturated heterocycles. The number of carbonyl (C=O) groups is 2. The van der Waals surface area contributed by atoms with Gasteiger partial charge in [-0.2, -0.15) is 0 Å². The van der Waals surface area contributed by atoms with Crippen LogP contribution in [-0.2, 0) is 30.2 Å². The third-order valence-corrected chi connectivity index (χ3v) is 8.39. The van der Waals surface area contributed by atoms with Crippen molar-refractivity contribution in [3.63, 3.8) is 0 Å². The number of fused-ring (bicyclic) bond motifs is 3. The fourth-order valence-electron chi connectivity index (χ4n) is 6.41. The van der Waals surface area contributed by atoms with Crippen molar-refractivity contribution in [2.75, 3.05) is 34.1 Å². The first-order valence-electron chi connectivity index (χ1n) is 13.2. The lowest BCUT2D eigenvalue weighted by Crippen LogP contribution is -2.49. The van der Waals surface area contributed by atoms with Gasteiger partial charge >= 0.3 is 11.9 Å². The third kappa shape index (κ3) is 4.63. The van der Waals surface area contributed by atoms with E-state index < -0.39 is 41.2 Å². The maximum absolute atomic E-state index is 13.7. The van der Waals surface area contributed by atoms with Crippen LogP contribution in [0.4, 0.5) is 0 Å². The van der Waals surface area contributed by atoms with Crippen molar-refractivity contribution in [3.8, 4) is 11.5 Å². The van der Waals surface area contributed by atoms with E-state index in [9.17, 15) is 19.8 Å². The second-order valence-corrected chi connectivity index (χ2v) is 11.4. The number of ether oxygens (including phenoxy) is 5. The number of rotatable bonds is 8. The van der Waals surface area contributed by atoms with Gasteiger partial charge in [-0.25, -0.2) is 4.79 Å². The van der Waals surface area contributed by atoms with Crippen LogP contribution in [0.3, 0.4) is 0 Å². The Bertz CT molecular complexity index is 1140. The lowest BCUT2D eigenvalue weighted by molar-refractivity contribution is -0.179. The predicted octanol–water partition coefficient (Wildman–Crippen LogP) is 2.19. The highest BCUT2D eigenvalue weighted by atomic mass is 16.7. The van der Waals surface area contributed by atoms with Crippen LogP contribution in [0.2, 0.25) is 0 Å². The second kappa shape index (κ2) is 9.73. The van der Waals surface area contributed by atoms with Crippen LogP contribution in [0, 0.1) is 0 Å². The molecule has 0 bridgehead atoms. The van der Waals surface area contributed by atoms with Crippen LogP contribution in [0.1, 0.15) is 63.0 Å². The average Bonchev–Trinajstić information content (AvgIpc) is 3.56. The Morgan fingerprint density at radius 3 is 2.55 bits per heavy atom. The molecule has 10 nitrogen and oxygen atoms in total.